The summed E-state index contributed by atoms with van der Waals surface area (Å²) in [6.45, 7) is 5.93. The molecule has 134 valence electrons. The Morgan fingerprint density at radius 2 is 0.773 bits per heavy atom. The summed E-state index contributed by atoms with van der Waals surface area (Å²) in [4.78, 5) is 29.3. The van der Waals surface area contributed by atoms with E-state index >= 15 is 0 Å². The summed E-state index contributed by atoms with van der Waals surface area (Å²) in [6.07, 6.45) is 6.24. The molecule has 0 aromatic carbocycles. The minimum atomic E-state index is -0.693. The van der Waals surface area contributed by atoms with Crippen molar-refractivity contribution < 1.29 is 29.7 Å². The standard InChI is InChI=1S/3C5H10O2.H3N/c3*1-2-3-4-5(6)7;/h3*2-4H2,1H3,(H,6,7);1H3. The van der Waals surface area contributed by atoms with Crippen LogP contribution in [0.15, 0.2) is 0 Å². The second-order valence-corrected chi connectivity index (χ2v) is 4.49. The summed E-state index contributed by atoms with van der Waals surface area (Å²) in [5, 5.41) is 24.1. The van der Waals surface area contributed by atoms with Gasteiger partial charge < -0.3 is 21.5 Å². The van der Waals surface area contributed by atoms with Gasteiger partial charge in [-0.1, -0.05) is 40.0 Å². The predicted octanol–water partition coefficient (Wildman–Crippen LogP) is 3.95. The third-order valence-electron chi connectivity index (χ3n) is 2.23. The van der Waals surface area contributed by atoms with Crippen LogP contribution in [-0.2, 0) is 14.4 Å². The Morgan fingerprint density at radius 3 is 0.818 bits per heavy atom. The van der Waals surface area contributed by atoms with Crippen LogP contribution < -0.4 is 6.15 Å². The molecule has 0 fully saturated rings. The summed E-state index contributed by atoms with van der Waals surface area (Å²) in [7, 11) is 0. The number of carboxylic acids is 3. The van der Waals surface area contributed by atoms with Gasteiger partial charge in [-0.05, 0) is 19.3 Å². The minimum absolute atomic E-state index is 0. The van der Waals surface area contributed by atoms with E-state index in [1.807, 2.05) is 20.8 Å². The maximum Gasteiger partial charge on any atom is 0.303 e. The van der Waals surface area contributed by atoms with Crippen molar-refractivity contribution in [2.45, 2.75) is 78.6 Å². The third-order valence-corrected chi connectivity index (χ3v) is 2.23. The molecule has 0 unspecified atom stereocenters. The van der Waals surface area contributed by atoms with Crippen molar-refractivity contribution in [3.05, 3.63) is 0 Å². The average molecular weight is 323 g/mol. The highest BCUT2D eigenvalue weighted by atomic mass is 16.4. The normalized spacial score (nSPS) is 8.32. The van der Waals surface area contributed by atoms with Crippen LogP contribution in [0.2, 0.25) is 0 Å². The van der Waals surface area contributed by atoms with Gasteiger partial charge in [0.05, 0.1) is 0 Å². The first-order valence-electron chi connectivity index (χ1n) is 7.47. The zero-order chi connectivity index (χ0) is 17.1. The summed E-state index contributed by atoms with van der Waals surface area (Å²) >= 11 is 0. The Balaban J connectivity index is -0.000000108. The second kappa shape index (κ2) is 24.4. The van der Waals surface area contributed by atoms with Gasteiger partial charge in [-0.2, -0.15) is 0 Å². The van der Waals surface area contributed by atoms with E-state index in [2.05, 4.69) is 0 Å². The van der Waals surface area contributed by atoms with E-state index in [1.54, 1.807) is 0 Å². The number of hydrogen-bond acceptors (Lipinski definition) is 4. The quantitative estimate of drug-likeness (QED) is 0.502. The van der Waals surface area contributed by atoms with E-state index in [0.717, 1.165) is 38.5 Å². The van der Waals surface area contributed by atoms with Gasteiger partial charge >= 0.3 is 17.9 Å². The van der Waals surface area contributed by atoms with Crippen molar-refractivity contribution in [3.8, 4) is 0 Å². The van der Waals surface area contributed by atoms with Crippen molar-refractivity contribution in [2.24, 2.45) is 0 Å². The first kappa shape index (κ1) is 28.5. The van der Waals surface area contributed by atoms with Crippen LogP contribution >= 0.6 is 0 Å². The van der Waals surface area contributed by atoms with Crippen LogP contribution in [0, 0.1) is 0 Å². The van der Waals surface area contributed by atoms with Crippen LogP contribution in [0.5, 0.6) is 0 Å². The monoisotopic (exact) mass is 323 g/mol. The molecule has 0 bridgehead atoms. The molecule has 0 atom stereocenters. The molecule has 0 aliphatic rings. The maximum atomic E-state index is 9.76. The zero-order valence-electron chi connectivity index (χ0n) is 14.1. The molecular weight excluding hydrogens is 290 g/mol. The Kier molecular flexibility index (Phi) is 31.6. The maximum absolute atomic E-state index is 9.76. The Hall–Kier alpha value is -1.63. The van der Waals surface area contributed by atoms with E-state index in [4.69, 9.17) is 15.3 Å². The van der Waals surface area contributed by atoms with E-state index < -0.39 is 17.9 Å². The van der Waals surface area contributed by atoms with E-state index in [1.165, 1.54) is 0 Å². The fraction of sp³-hybridized carbons (Fsp3) is 0.800. The summed E-state index contributed by atoms with van der Waals surface area (Å²) in [5.74, 6) is -2.08. The van der Waals surface area contributed by atoms with Crippen LogP contribution in [0.1, 0.15) is 78.6 Å². The number of carboxylic acid groups (broad SMARTS) is 3. The fourth-order valence-electron chi connectivity index (χ4n) is 0.984. The van der Waals surface area contributed by atoms with Gasteiger partial charge in [0.25, 0.3) is 0 Å². The van der Waals surface area contributed by atoms with Gasteiger partial charge in [0.1, 0.15) is 0 Å². The molecule has 0 rings (SSSR count). The van der Waals surface area contributed by atoms with Crippen LogP contribution in [0.3, 0.4) is 0 Å². The first-order valence-corrected chi connectivity index (χ1v) is 7.47. The molecular formula is C15H33NO6. The molecule has 0 spiro atoms. The van der Waals surface area contributed by atoms with Gasteiger partial charge in [-0.15, -0.1) is 0 Å². The van der Waals surface area contributed by atoms with Crippen molar-refractivity contribution in [2.75, 3.05) is 0 Å². The van der Waals surface area contributed by atoms with Gasteiger partial charge in [-0.25, -0.2) is 0 Å². The fourth-order valence-corrected chi connectivity index (χ4v) is 0.984. The zero-order valence-corrected chi connectivity index (χ0v) is 14.1. The number of hydrogen-bond donors (Lipinski definition) is 4. The van der Waals surface area contributed by atoms with E-state index in [-0.39, 0.29) is 6.15 Å². The summed E-state index contributed by atoms with van der Waals surface area (Å²) in [6, 6.07) is 0. The van der Waals surface area contributed by atoms with Gasteiger partial charge in [-0.3, -0.25) is 14.4 Å². The molecule has 0 amide bonds. The van der Waals surface area contributed by atoms with Crippen molar-refractivity contribution in [3.63, 3.8) is 0 Å². The predicted molar refractivity (Wildman–Crippen MR) is 86.5 cm³/mol. The molecule has 7 heteroatoms. The van der Waals surface area contributed by atoms with Crippen molar-refractivity contribution in [1.29, 1.82) is 0 Å². The van der Waals surface area contributed by atoms with Crippen LogP contribution in [0.25, 0.3) is 0 Å². The van der Waals surface area contributed by atoms with Crippen LogP contribution in [0.4, 0.5) is 0 Å². The number of unbranched alkanes of at least 4 members (excludes halogenated alkanes) is 3. The SMILES string of the molecule is CCCCC(=O)O.CCCCC(=O)O.CCCCC(=O)O.N. The molecule has 0 aromatic rings. The van der Waals surface area contributed by atoms with Crippen molar-refractivity contribution >= 4 is 17.9 Å². The topological polar surface area (TPSA) is 147 Å². The summed E-state index contributed by atoms with van der Waals surface area (Å²) in [5.41, 5.74) is 0. The molecule has 0 radical (unpaired) electrons. The van der Waals surface area contributed by atoms with Gasteiger partial charge in [0.2, 0.25) is 0 Å². The minimum Gasteiger partial charge on any atom is -0.481 e. The highest BCUT2D eigenvalue weighted by Crippen LogP contribution is 1.92. The molecule has 0 aliphatic carbocycles. The lowest BCUT2D eigenvalue weighted by molar-refractivity contribution is -0.138. The molecule has 0 heterocycles. The number of rotatable bonds is 9. The van der Waals surface area contributed by atoms with Crippen molar-refractivity contribution in [1.82, 2.24) is 6.15 Å². The lowest BCUT2D eigenvalue weighted by Gasteiger charge is -1.85. The van der Waals surface area contributed by atoms with E-state index in [0.29, 0.717) is 19.3 Å². The lowest BCUT2D eigenvalue weighted by atomic mass is 10.3. The number of carbonyl (C=O) groups is 3. The lowest BCUT2D eigenvalue weighted by Crippen LogP contribution is -1.91. The highest BCUT2D eigenvalue weighted by molar-refractivity contribution is 5.67. The summed E-state index contributed by atoms with van der Waals surface area (Å²) < 4.78 is 0. The highest BCUT2D eigenvalue weighted by Gasteiger charge is 1.92. The third kappa shape index (κ3) is 51.5. The largest absolute Gasteiger partial charge is 0.481 e. The van der Waals surface area contributed by atoms with Gasteiger partial charge in [0, 0.05) is 19.3 Å². The molecule has 0 saturated heterocycles. The smallest absolute Gasteiger partial charge is 0.303 e. The molecule has 6 N–H and O–H groups in total. The molecule has 22 heavy (non-hydrogen) atoms. The molecule has 0 aliphatic heterocycles. The first-order chi connectivity index (χ1) is 9.81. The van der Waals surface area contributed by atoms with Crippen LogP contribution in [-0.4, -0.2) is 33.2 Å². The molecule has 7 nitrogen and oxygen atoms in total. The average Bonchev–Trinajstić information content (AvgIpc) is 2.41. The molecule has 0 aromatic heterocycles. The Bertz CT molecular complexity index is 226. The Labute approximate surface area is 133 Å². The molecule has 0 saturated carbocycles. The van der Waals surface area contributed by atoms with E-state index in [9.17, 15) is 14.4 Å². The second-order valence-electron chi connectivity index (χ2n) is 4.49. The Morgan fingerprint density at radius 1 is 0.591 bits per heavy atom. The number of aliphatic carboxylic acids is 3. The van der Waals surface area contributed by atoms with Gasteiger partial charge in [0.15, 0.2) is 0 Å².